The molecule has 5 nitrogen and oxygen atoms in total. The van der Waals surface area contributed by atoms with Crippen molar-refractivity contribution in [2.24, 2.45) is 0 Å². The van der Waals surface area contributed by atoms with Gasteiger partial charge in [0, 0.05) is 16.8 Å². The molecule has 0 aliphatic carbocycles. The summed E-state index contributed by atoms with van der Waals surface area (Å²) in [5.74, 6) is 1.15. The lowest BCUT2D eigenvalue weighted by Crippen LogP contribution is -3.11. The predicted octanol–water partition coefficient (Wildman–Crippen LogP) is 2.24. The van der Waals surface area contributed by atoms with Gasteiger partial charge < -0.3 is 19.7 Å². The van der Waals surface area contributed by atoms with Crippen LogP contribution in [0.15, 0.2) is 42.5 Å². The summed E-state index contributed by atoms with van der Waals surface area (Å²) in [7, 11) is 0. The van der Waals surface area contributed by atoms with E-state index in [1.807, 2.05) is 12.1 Å². The van der Waals surface area contributed by atoms with Gasteiger partial charge in [-0.3, -0.25) is 4.79 Å². The van der Waals surface area contributed by atoms with E-state index in [9.17, 15) is 4.79 Å². The van der Waals surface area contributed by atoms with Crippen LogP contribution in [0.25, 0.3) is 0 Å². The molecule has 130 valence electrons. The molecule has 1 fully saturated rings. The summed E-state index contributed by atoms with van der Waals surface area (Å²) in [6.07, 6.45) is 4.03. The maximum Gasteiger partial charge on any atom is 0.255 e. The Bertz CT molecular complexity index is 752. The highest BCUT2D eigenvalue weighted by atomic mass is 16.7. The van der Waals surface area contributed by atoms with E-state index in [-0.39, 0.29) is 12.7 Å². The molecule has 2 N–H and O–H groups in total. The fourth-order valence-electron chi connectivity index (χ4n) is 3.46. The van der Waals surface area contributed by atoms with Crippen LogP contribution in [0.5, 0.6) is 11.5 Å². The number of anilines is 1. The van der Waals surface area contributed by atoms with E-state index >= 15 is 0 Å². The third-order valence-corrected chi connectivity index (χ3v) is 4.86. The molecule has 2 aromatic rings. The van der Waals surface area contributed by atoms with Gasteiger partial charge in [-0.25, -0.2) is 0 Å². The molecular weight excluding hydrogens is 316 g/mol. The smallest absolute Gasteiger partial charge is 0.255 e. The number of amides is 1. The monoisotopic (exact) mass is 339 g/mol. The fourth-order valence-corrected chi connectivity index (χ4v) is 3.46. The quantitative estimate of drug-likeness (QED) is 0.898. The van der Waals surface area contributed by atoms with Crippen LogP contribution < -0.4 is 19.7 Å². The first-order valence-corrected chi connectivity index (χ1v) is 8.91. The van der Waals surface area contributed by atoms with Crippen molar-refractivity contribution in [3.63, 3.8) is 0 Å². The van der Waals surface area contributed by atoms with Gasteiger partial charge in [0.05, 0.1) is 13.1 Å². The van der Waals surface area contributed by atoms with Gasteiger partial charge in [0.25, 0.3) is 5.91 Å². The number of hydrogen-bond acceptors (Lipinski definition) is 3. The number of benzene rings is 2. The van der Waals surface area contributed by atoms with Crippen LogP contribution in [-0.2, 0) is 6.54 Å². The average Bonchev–Trinajstić information content (AvgIpc) is 3.12. The standard InChI is InChI=1S/C20H22N2O3/c23-20(16-6-9-18-19(12-16)25-14-24-18)21-17-7-4-15(5-8-17)13-22-10-2-1-3-11-22/h4-9,12H,1-3,10-11,13-14H2,(H,21,23)/p+1. The van der Waals surface area contributed by atoms with Crippen molar-refractivity contribution in [1.29, 1.82) is 0 Å². The summed E-state index contributed by atoms with van der Waals surface area (Å²) in [5, 5.41) is 2.94. The molecule has 1 amide bonds. The molecule has 2 aliphatic heterocycles. The lowest BCUT2D eigenvalue weighted by atomic mass is 10.1. The topological polar surface area (TPSA) is 52.0 Å². The average molecular weight is 339 g/mol. The van der Waals surface area contributed by atoms with E-state index in [1.165, 1.54) is 37.9 Å². The summed E-state index contributed by atoms with van der Waals surface area (Å²) in [6, 6.07) is 13.4. The van der Waals surface area contributed by atoms with Crippen molar-refractivity contribution in [3.8, 4) is 11.5 Å². The minimum Gasteiger partial charge on any atom is -0.454 e. The van der Waals surface area contributed by atoms with Gasteiger partial charge >= 0.3 is 0 Å². The Morgan fingerprint density at radius 2 is 1.72 bits per heavy atom. The van der Waals surface area contributed by atoms with Crippen LogP contribution >= 0.6 is 0 Å². The second kappa shape index (κ2) is 7.15. The summed E-state index contributed by atoms with van der Waals surface area (Å²) in [4.78, 5) is 14.1. The highest BCUT2D eigenvalue weighted by Crippen LogP contribution is 2.32. The van der Waals surface area contributed by atoms with Crippen LogP contribution in [0.4, 0.5) is 5.69 Å². The highest BCUT2D eigenvalue weighted by molar-refractivity contribution is 6.04. The van der Waals surface area contributed by atoms with E-state index in [4.69, 9.17) is 9.47 Å². The number of nitrogens with one attached hydrogen (secondary N) is 2. The minimum atomic E-state index is -0.146. The molecule has 5 heteroatoms. The zero-order chi connectivity index (χ0) is 17.1. The first-order chi connectivity index (χ1) is 12.3. The molecule has 0 radical (unpaired) electrons. The van der Waals surface area contributed by atoms with Gasteiger partial charge in [-0.2, -0.15) is 0 Å². The van der Waals surface area contributed by atoms with E-state index in [0.717, 1.165) is 12.2 Å². The Balaban J connectivity index is 1.38. The lowest BCUT2D eigenvalue weighted by Gasteiger charge is -2.23. The Morgan fingerprint density at radius 1 is 0.960 bits per heavy atom. The maximum atomic E-state index is 12.4. The zero-order valence-electron chi connectivity index (χ0n) is 14.2. The van der Waals surface area contributed by atoms with Gasteiger partial charge in [-0.15, -0.1) is 0 Å². The molecule has 2 aliphatic rings. The molecule has 1 saturated heterocycles. The molecule has 25 heavy (non-hydrogen) atoms. The van der Waals surface area contributed by atoms with Gasteiger partial charge in [0.1, 0.15) is 6.54 Å². The van der Waals surface area contributed by atoms with Gasteiger partial charge in [0.15, 0.2) is 11.5 Å². The van der Waals surface area contributed by atoms with E-state index in [2.05, 4.69) is 17.4 Å². The molecule has 2 aromatic carbocycles. The summed E-state index contributed by atoms with van der Waals surface area (Å²) in [6.45, 7) is 3.81. The second-order valence-corrected chi connectivity index (χ2v) is 6.71. The SMILES string of the molecule is O=C(Nc1ccc(C[NH+]2CCCCC2)cc1)c1ccc2c(c1)OCO2. The van der Waals surface area contributed by atoms with Crippen molar-refractivity contribution in [1.82, 2.24) is 0 Å². The summed E-state index contributed by atoms with van der Waals surface area (Å²) < 4.78 is 10.6. The summed E-state index contributed by atoms with van der Waals surface area (Å²) >= 11 is 0. The summed E-state index contributed by atoms with van der Waals surface area (Å²) in [5.41, 5.74) is 2.68. The number of likely N-dealkylation sites (tertiary alicyclic amines) is 1. The first-order valence-electron chi connectivity index (χ1n) is 8.91. The van der Waals surface area contributed by atoms with Crippen LogP contribution in [0, 0.1) is 0 Å². The highest BCUT2D eigenvalue weighted by Gasteiger charge is 2.17. The van der Waals surface area contributed by atoms with E-state index in [1.54, 1.807) is 23.1 Å². The third-order valence-electron chi connectivity index (χ3n) is 4.86. The number of carbonyl (C=O) groups excluding carboxylic acids is 1. The fraction of sp³-hybridized carbons (Fsp3) is 0.350. The van der Waals surface area contributed by atoms with E-state index in [0.29, 0.717) is 17.1 Å². The molecule has 2 heterocycles. The van der Waals surface area contributed by atoms with Gasteiger partial charge in [-0.05, 0) is 49.6 Å². The number of fused-ring (bicyclic) bond motifs is 1. The Kier molecular flexibility index (Phi) is 4.57. The normalized spacial score (nSPS) is 16.6. The third kappa shape index (κ3) is 3.77. The predicted molar refractivity (Wildman–Crippen MR) is 95.2 cm³/mol. The minimum absolute atomic E-state index is 0.146. The van der Waals surface area contributed by atoms with Crippen molar-refractivity contribution >= 4 is 11.6 Å². The largest absolute Gasteiger partial charge is 0.454 e. The van der Waals surface area contributed by atoms with Gasteiger partial charge in [0.2, 0.25) is 6.79 Å². The molecule has 0 aromatic heterocycles. The Hall–Kier alpha value is -2.53. The number of rotatable bonds is 4. The van der Waals surface area contributed by atoms with Crippen LogP contribution in [0.1, 0.15) is 35.2 Å². The number of hydrogen-bond donors (Lipinski definition) is 2. The lowest BCUT2D eigenvalue weighted by molar-refractivity contribution is -0.918. The zero-order valence-corrected chi connectivity index (χ0v) is 14.2. The molecule has 0 unspecified atom stereocenters. The van der Waals surface area contributed by atoms with Crippen LogP contribution in [-0.4, -0.2) is 25.8 Å². The van der Waals surface area contributed by atoms with Crippen molar-refractivity contribution in [3.05, 3.63) is 53.6 Å². The van der Waals surface area contributed by atoms with Crippen molar-refractivity contribution in [2.75, 3.05) is 25.2 Å². The number of ether oxygens (including phenoxy) is 2. The van der Waals surface area contributed by atoms with E-state index < -0.39 is 0 Å². The van der Waals surface area contributed by atoms with Crippen molar-refractivity contribution < 1.29 is 19.2 Å². The molecule has 0 bridgehead atoms. The van der Waals surface area contributed by atoms with Crippen LogP contribution in [0.2, 0.25) is 0 Å². The Morgan fingerprint density at radius 3 is 2.52 bits per heavy atom. The molecule has 0 atom stereocenters. The molecule has 0 saturated carbocycles. The maximum absolute atomic E-state index is 12.4. The Labute approximate surface area is 147 Å². The molecule has 0 spiro atoms. The first kappa shape index (κ1) is 16.0. The van der Waals surface area contributed by atoms with Gasteiger partial charge in [-0.1, -0.05) is 12.1 Å². The second-order valence-electron chi connectivity index (χ2n) is 6.71. The number of piperidine rings is 1. The number of quaternary nitrogens is 1. The number of carbonyl (C=O) groups is 1. The molecular formula is C20H23N2O3+. The van der Waals surface area contributed by atoms with Crippen molar-refractivity contribution in [2.45, 2.75) is 25.8 Å². The molecule has 4 rings (SSSR count). The van der Waals surface area contributed by atoms with Crippen LogP contribution in [0.3, 0.4) is 0 Å².